The van der Waals surface area contributed by atoms with Gasteiger partial charge in [-0.1, -0.05) is 19.1 Å². The highest BCUT2D eigenvalue weighted by molar-refractivity contribution is 7.13. The molecule has 5 rings (SSSR count). The SMILES string of the molecule is CCC1CC(C=O)N(Cc2cccc(NC(=O)c3sc(C)nc3C)c2)N=C1c1ccc(OC)c(OC2CCCC2)c1. The fraction of sp³-hybridized carbons (Fsp3) is 0.438. The molecule has 0 saturated heterocycles. The van der Waals surface area contributed by atoms with E-state index >= 15 is 0 Å². The summed E-state index contributed by atoms with van der Waals surface area (Å²) in [5.41, 5.74) is 4.30. The number of hydrogen-bond donors (Lipinski definition) is 1. The number of anilines is 1. The number of ether oxygens (including phenoxy) is 2. The summed E-state index contributed by atoms with van der Waals surface area (Å²) in [6.07, 6.45) is 7.26. The van der Waals surface area contributed by atoms with Crippen molar-refractivity contribution in [1.29, 1.82) is 0 Å². The minimum absolute atomic E-state index is 0.144. The summed E-state index contributed by atoms with van der Waals surface area (Å²) in [5.74, 6) is 1.43. The molecule has 2 aromatic carbocycles. The van der Waals surface area contributed by atoms with Gasteiger partial charge in [-0.25, -0.2) is 4.98 Å². The predicted octanol–water partition coefficient (Wildman–Crippen LogP) is 6.55. The molecule has 8 nitrogen and oxygen atoms in total. The van der Waals surface area contributed by atoms with Gasteiger partial charge in [-0.15, -0.1) is 11.3 Å². The zero-order valence-corrected chi connectivity index (χ0v) is 25.0. The lowest BCUT2D eigenvalue weighted by atomic mass is 9.87. The molecule has 0 spiro atoms. The Morgan fingerprint density at radius 3 is 2.63 bits per heavy atom. The first-order valence-electron chi connectivity index (χ1n) is 14.4. The first-order chi connectivity index (χ1) is 19.9. The van der Waals surface area contributed by atoms with Crippen molar-refractivity contribution in [2.75, 3.05) is 12.4 Å². The maximum Gasteiger partial charge on any atom is 0.267 e. The molecule has 2 aliphatic rings. The van der Waals surface area contributed by atoms with Crippen LogP contribution in [-0.2, 0) is 11.3 Å². The van der Waals surface area contributed by atoms with Crippen LogP contribution >= 0.6 is 11.3 Å². The largest absolute Gasteiger partial charge is 0.493 e. The van der Waals surface area contributed by atoms with Gasteiger partial charge >= 0.3 is 0 Å². The quantitative estimate of drug-likeness (QED) is 0.276. The highest BCUT2D eigenvalue weighted by Gasteiger charge is 2.31. The first kappa shape index (κ1) is 28.8. The molecule has 9 heteroatoms. The van der Waals surface area contributed by atoms with Crippen molar-refractivity contribution in [2.45, 2.75) is 78.0 Å². The van der Waals surface area contributed by atoms with Crippen molar-refractivity contribution in [3.8, 4) is 11.5 Å². The molecule has 2 unspecified atom stereocenters. The van der Waals surface area contributed by atoms with Gasteiger partial charge in [-0.2, -0.15) is 5.10 Å². The summed E-state index contributed by atoms with van der Waals surface area (Å²) in [4.78, 5) is 30.0. The number of hydrazone groups is 1. The highest BCUT2D eigenvalue weighted by atomic mass is 32.1. The first-order valence-corrected chi connectivity index (χ1v) is 15.2. The number of hydrogen-bond acceptors (Lipinski definition) is 8. The maximum absolute atomic E-state index is 12.9. The van der Waals surface area contributed by atoms with E-state index in [1.165, 1.54) is 24.2 Å². The molecule has 0 bridgehead atoms. The molecule has 216 valence electrons. The number of aldehydes is 1. The predicted molar refractivity (Wildman–Crippen MR) is 162 cm³/mol. The highest BCUT2D eigenvalue weighted by Crippen LogP contribution is 2.35. The van der Waals surface area contributed by atoms with Crippen LogP contribution in [0.2, 0.25) is 0 Å². The Hall–Kier alpha value is -3.72. The molecule has 2 heterocycles. The van der Waals surface area contributed by atoms with E-state index in [0.29, 0.717) is 23.5 Å². The summed E-state index contributed by atoms with van der Waals surface area (Å²) in [6, 6.07) is 13.4. The van der Waals surface area contributed by atoms with Crippen molar-refractivity contribution < 1.29 is 19.1 Å². The van der Waals surface area contributed by atoms with Gasteiger partial charge in [0, 0.05) is 17.2 Å². The Balaban J connectivity index is 1.39. The second-order valence-electron chi connectivity index (χ2n) is 10.8. The molecule has 1 aromatic heterocycles. The summed E-state index contributed by atoms with van der Waals surface area (Å²) < 4.78 is 12.0. The van der Waals surface area contributed by atoms with Crippen molar-refractivity contribution in [3.63, 3.8) is 0 Å². The third-order valence-electron chi connectivity index (χ3n) is 7.88. The molecule has 1 amide bonds. The number of carbonyl (C=O) groups excluding carboxylic acids is 2. The van der Waals surface area contributed by atoms with E-state index in [1.54, 1.807) is 7.11 Å². The number of amides is 1. The lowest BCUT2D eigenvalue weighted by Crippen LogP contribution is -2.41. The molecule has 1 fully saturated rings. The number of methoxy groups -OCH3 is 1. The summed E-state index contributed by atoms with van der Waals surface area (Å²) in [7, 11) is 1.66. The minimum atomic E-state index is -0.336. The van der Waals surface area contributed by atoms with Crippen LogP contribution in [0.5, 0.6) is 11.5 Å². The molecule has 1 N–H and O–H groups in total. The fourth-order valence-corrected chi connectivity index (χ4v) is 6.54. The van der Waals surface area contributed by atoms with Crippen molar-refractivity contribution in [2.24, 2.45) is 11.0 Å². The number of aromatic nitrogens is 1. The van der Waals surface area contributed by atoms with Crippen LogP contribution in [0.15, 0.2) is 47.6 Å². The number of rotatable bonds is 10. The Kier molecular flexibility index (Phi) is 9.03. The Morgan fingerprint density at radius 2 is 1.95 bits per heavy atom. The second kappa shape index (κ2) is 12.9. The number of thiazole rings is 1. The van der Waals surface area contributed by atoms with Crippen LogP contribution in [0, 0.1) is 19.8 Å². The van der Waals surface area contributed by atoms with Gasteiger partial charge in [-0.05, 0) is 88.3 Å². The van der Waals surface area contributed by atoms with Gasteiger partial charge in [-0.3, -0.25) is 9.80 Å². The lowest BCUT2D eigenvalue weighted by molar-refractivity contribution is -0.113. The maximum atomic E-state index is 12.9. The summed E-state index contributed by atoms with van der Waals surface area (Å²) in [6.45, 7) is 6.31. The van der Waals surface area contributed by atoms with Gasteiger partial charge in [0.2, 0.25) is 0 Å². The van der Waals surface area contributed by atoms with Gasteiger partial charge < -0.3 is 19.6 Å². The number of nitrogens with one attached hydrogen (secondary N) is 1. The van der Waals surface area contributed by atoms with E-state index in [-0.39, 0.29) is 24.0 Å². The van der Waals surface area contributed by atoms with E-state index in [0.717, 1.165) is 64.6 Å². The Morgan fingerprint density at radius 1 is 1.15 bits per heavy atom. The normalized spacial score (nSPS) is 19.1. The standard InChI is InChI=1S/C32H38N4O4S/c1-5-23-16-26(19-37)36(18-22-9-8-10-25(15-22)34-32(38)31-20(2)33-21(3)41-31)35-30(23)24-13-14-28(39-4)29(17-24)40-27-11-6-7-12-27/h8-10,13-15,17,19,23,26-27H,5-7,11-12,16,18H2,1-4H3,(H,34,38). The molecule has 1 saturated carbocycles. The molecule has 1 aliphatic heterocycles. The van der Waals surface area contributed by atoms with Gasteiger partial charge in [0.1, 0.15) is 17.2 Å². The fourth-order valence-electron chi connectivity index (χ4n) is 5.73. The van der Waals surface area contributed by atoms with Crippen LogP contribution in [0.3, 0.4) is 0 Å². The van der Waals surface area contributed by atoms with E-state index < -0.39 is 0 Å². The average molecular weight is 575 g/mol. The van der Waals surface area contributed by atoms with E-state index in [1.807, 2.05) is 61.3 Å². The smallest absolute Gasteiger partial charge is 0.267 e. The van der Waals surface area contributed by atoms with Crippen molar-refractivity contribution in [3.05, 3.63) is 69.2 Å². The molecule has 2 atom stereocenters. The molecular weight excluding hydrogens is 536 g/mol. The second-order valence-corrected chi connectivity index (χ2v) is 12.0. The zero-order valence-electron chi connectivity index (χ0n) is 24.2. The van der Waals surface area contributed by atoms with Crippen LogP contribution in [-0.4, -0.2) is 47.2 Å². The van der Waals surface area contributed by atoms with Gasteiger partial charge in [0.15, 0.2) is 11.5 Å². The molecular formula is C32H38N4O4S. The monoisotopic (exact) mass is 574 g/mol. The summed E-state index contributed by atoms with van der Waals surface area (Å²) in [5, 5.41) is 10.8. The topological polar surface area (TPSA) is 93.1 Å². The van der Waals surface area contributed by atoms with Crippen LogP contribution in [0.4, 0.5) is 5.69 Å². The van der Waals surface area contributed by atoms with Crippen molar-refractivity contribution >= 4 is 34.9 Å². The number of benzene rings is 2. The minimum Gasteiger partial charge on any atom is -0.493 e. The zero-order chi connectivity index (χ0) is 28.9. The van der Waals surface area contributed by atoms with E-state index in [4.69, 9.17) is 14.6 Å². The van der Waals surface area contributed by atoms with Gasteiger partial charge in [0.05, 0.1) is 36.2 Å². The van der Waals surface area contributed by atoms with Crippen molar-refractivity contribution in [1.82, 2.24) is 9.99 Å². The van der Waals surface area contributed by atoms with Crippen LogP contribution < -0.4 is 14.8 Å². The third-order valence-corrected chi connectivity index (χ3v) is 8.95. The molecule has 41 heavy (non-hydrogen) atoms. The Bertz CT molecular complexity index is 1430. The number of carbonyl (C=O) groups is 2. The van der Waals surface area contributed by atoms with Crippen LogP contribution in [0.1, 0.15) is 76.9 Å². The van der Waals surface area contributed by atoms with E-state index in [2.05, 4.69) is 17.2 Å². The summed E-state index contributed by atoms with van der Waals surface area (Å²) >= 11 is 1.39. The van der Waals surface area contributed by atoms with E-state index in [9.17, 15) is 9.59 Å². The Labute approximate surface area is 245 Å². The lowest BCUT2D eigenvalue weighted by Gasteiger charge is -2.35. The van der Waals surface area contributed by atoms with Crippen LogP contribution in [0.25, 0.3) is 0 Å². The molecule has 0 radical (unpaired) electrons. The molecule has 1 aliphatic carbocycles. The number of aryl methyl sites for hydroxylation is 2. The molecule has 3 aromatic rings. The average Bonchev–Trinajstić information content (AvgIpc) is 3.61. The number of nitrogens with zero attached hydrogens (tertiary/aromatic N) is 3. The van der Waals surface area contributed by atoms with Gasteiger partial charge in [0.25, 0.3) is 5.91 Å². The third kappa shape index (κ3) is 6.62.